The zero-order chi connectivity index (χ0) is 23.4. The molecule has 0 saturated carbocycles. The number of carbonyl (C=O) groups is 1. The fourth-order valence-electron chi connectivity index (χ4n) is 4.34. The second-order valence-corrected chi connectivity index (χ2v) is 8.11. The van der Waals surface area contributed by atoms with Gasteiger partial charge in [-0.25, -0.2) is 0 Å². The summed E-state index contributed by atoms with van der Waals surface area (Å²) in [6.45, 7) is 2.59. The molecule has 0 bridgehead atoms. The van der Waals surface area contributed by atoms with Crippen molar-refractivity contribution in [1.82, 2.24) is 4.90 Å². The first-order valence-electron chi connectivity index (χ1n) is 11.4. The van der Waals surface area contributed by atoms with Crippen molar-refractivity contribution in [3.05, 3.63) is 69.6 Å². The van der Waals surface area contributed by atoms with Crippen molar-refractivity contribution in [1.29, 1.82) is 0 Å². The highest BCUT2D eigenvalue weighted by atomic mass is 16.5. The average Bonchev–Trinajstić information content (AvgIpc) is 3.11. The van der Waals surface area contributed by atoms with E-state index < -0.39 is 11.9 Å². The Kier molecular flexibility index (Phi) is 6.99. The summed E-state index contributed by atoms with van der Waals surface area (Å²) in [6, 6.07) is 11.6. The number of rotatable bonds is 10. The highest BCUT2D eigenvalue weighted by Gasteiger charge is 2.42. The third-order valence-corrected chi connectivity index (χ3v) is 5.97. The van der Waals surface area contributed by atoms with Gasteiger partial charge in [-0.15, -0.1) is 0 Å². The van der Waals surface area contributed by atoms with Crippen LogP contribution in [0.15, 0.2) is 51.7 Å². The Hall–Kier alpha value is -3.32. The van der Waals surface area contributed by atoms with Gasteiger partial charge in [0.25, 0.3) is 5.91 Å². The van der Waals surface area contributed by atoms with Crippen molar-refractivity contribution >= 4 is 16.9 Å². The van der Waals surface area contributed by atoms with Gasteiger partial charge in [-0.05, 0) is 36.2 Å². The van der Waals surface area contributed by atoms with Gasteiger partial charge in [0, 0.05) is 6.54 Å². The molecule has 0 saturated heterocycles. The van der Waals surface area contributed by atoms with Crippen LogP contribution in [0, 0.1) is 0 Å². The van der Waals surface area contributed by atoms with E-state index in [1.54, 1.807) is 43.5 Å². The molecule has 0 spiro atoms. The number of aliphatic hydroxyl groups is 1. The van der Waals surface area contributed by atoms with Gasteiger partial charge in [-0.2, -0.15) is 0 Å². The maximum absolute atomic E-state index is 13.4. The van der Waals surface area contributed by atoms with Gasteiger partial charge in [0.05, 0.1) is 37.3 Å². The SMILES string of the molecule is CCCCCCOc1ccc([C@@H]2c3c(oc4ccccc4c3=O)C(=O)N2CCO)cc1OC. The molecule has 7 heteroatoms. The lowest BCUT2D eigenvalue weighted by Gasteiger charge is -2.25. The molecule has 1 amide bonds. The van der Waals surface area contributed by atoms with Crippen molar-refractivity contribution in [3.63, 3.8) is 0 Å². The van der Waals surface area contributed by atoms with Crippen molar-refractivity contribution in [3.8, 4) is 11.5 Å². The van der Waals surface area contributed by atoms with E-state index >= 15 is 0 Å². The Morgan fingerprint density at radius 1 is 1.06 bits per heavy atom. The number of para-hydroxylation sites is 1. The Labute approximate surface area is 192 Å². The first kappa shape index (κ1) is 22.9. The van der Waals surface area contributed by atoms with Crippen LogP contribution in [-0.2, 0) is 0 Å². The largest absolute Gasteiger partial charge is 0.493 e. The third kappa shape index (κ3) is 4.33. The number of nitrogens with zero attached hydrogens (tertiary/aromatic N) is 1. The summed E-state index contributed by atoms with van der Waals surface area (Å²) in [5.41, 5.74) is 1.08. The molecule has 4 rings (SSSR count). The molecule has 7 nitrogen and oxygen atoms in total. The molecule has 0 aliphatic carbocycles. The number of β-amino-alcohol motifs (C(OH)–C–C–N with tert-alkyl or cyclic N) is 1. The van der Waals surface area contributed by atoms with E-state index in [0.717, 1.165) is 19.3 Å². The van der Waals surface area contributed by atoms with Crippen LogP contribution >= 0.6 is 0 Å². The Balaban J connectivity index is 1.74. The quantitative estimate of drug-likeness (QED) is 0.463. The number of hydrogen-bond donors (Lipinski definition) is 1. The van der Waals surface area contributed by atoms with Crippen molar-refractivity contribution in [2.24, 2.45) is 0 Å². The summed E-state index contributed by atoms with van der Waals surface area (Å²) in [4.78, 5) is 28.0. The topological polar surface area (TPSA) is 89.2 Å². The van der Waals surface area contributed by atoms with Gasteiger partial charge >= 0.3 is 0 Å². The van der Waals surface area contributed by atoms with Crippen LogP contribution in [0.25, 0.3) is 11.0 Å². The third-order valence-electron chi connectivity index (χ3n) is 5.97. The first-order chi connectivity index (χ1) is 16.1. The van der Waals surface area contributed by atoms with E-state index in [0.29, 0.717) is 34.6 Å². The average molecular weight is 452 g/mol. The number of aliphatic hydroxyl groups excluding tert-OH is 1. The van der Waals surface area contributed by atoms with E-state index in [1.165, 1.54) is 11.3 Å². The molecule has 2 aromatic carbocycles. The van der Waals surface area contributed by atoms with Crippen molar-refractivity contribution < 1.29 is 23.8 Å². The van der Waals surface area contributed by atoms with E-state index in [-0.39, 0.29) is 29.9 Å². The van der Waals surface area contributed by atoms with Crippen LogP contribution in [0.4, 0.5) is 0 Å². The lowest BCUT2D eigenvalue weighted by atomic mass is 9.98. The Morgan fingerprint density at radius 3 is 2.64 bits per heavy atom. The minimum atomic E-state index is -0.687. The zero-order valence-corrected chi connectivity index (χ0v) is 19.0. The summed E-state index contributed by atoms with van der Waals surface area (Å²) < 4.78 is 17.3. The van der Waals surface area contributed by atoms with E-state index in [9.17, 15) is 14.7 Å². The summed E-state index contributed by atoms with van der Waals surface area (Å²) in [7, 11) is 1.56. The van der Waals surface area contributed by atoms with Crippen LogP contribution in [0.5, 0.6) is 11.5 Å². The molecule has 1 aromatic heterocycles. The number of hydrogen-bond acceptors (Lipinski definition) is 6. The van der Waals surface area contributed by atoms with Crippen LogP contribution in [0.1, 0.15) is 60.3 Å². The molecule has 3 aromatic rings. The van der Waals surface area contributed by atoms with Gasteiger partial charge in [-0.1, -0.05) is 44.4 Å². The molecule has 0 fully saturated rings. The van der Waals surface area contributed by atoms with Gasteiger partial charge in [-0.3, -0.25) is 9.59 Å². The molecule has 2 heterocycles. The van der Waals surface area contributed by atoms with Crippen molar-refractivity contribution in [2.45, 2.75) is 38.6 Å². The molecular weight excluding hydrogens is 422 g/mol. The lowest BCUT2D eigenvalue weighted by molar-refractivity contribution is 0.0691. The number of carbonyl (C=O) groups excluding carboxylic acids is 1. The number of amides is 1. The summed E-state index contributed by atoms with van der Waals surface area (Å²) in [6.07, 6.45) is 4.40. The molecule has 1 N–H and O–H groups in total. The standard InChI is InChI=1S/C26H29NO6/c1-3-4-5-8-15-32-20-12-11-17(16-21(20)31-2)23-22-24(29)18-9-6-7-10-19(18)33-25(22)26(30)27(23)13-14-28/h6-7,9-12,16,23,28H,3-5,8,13-15H2,1-2H3/t23-/m1/s1. The van der Waals surface area contributed by atoms with Gasteiger partial charge in [0.1, 0.15) is 5.58 Å². The lowest BCUT2D eigenvalue weighted by Crippen LogP contribution is -2.32. The summed E-state index contributed by atoms with van der Waals surface area (Å²) in [5, 5.41) is 10.0. The van der Waals surface area contributed by atoms with Gasteiger partial charge in [0.2, 0.25) is 5.76 Å². The number of benzene rings is 2. The van der Waals surface area contributed by atoms with Crippen LogP contribution < -0.4 is 14.9 Å². The maximum Gasteiger partial charge on any atom is 0.290 e. The number of fused-ring (bicyclic) bond motifs is 2. The second kappa shape index (κ2) is 10.1. The predicted octanol–water partition coefficient (Wildman–Crippen LogP) is 4.30. The normalized spacial score (nSPS) is 15.2. The smallest absolute Gasteiger partial charge is 0.290 e. The van der Waals surface area contributed by atoms with Gasteiger partial charge in [0.15, 0.2) is 16.9 Å². The van der Waals surface area contributed by atoms with Crippen LogP contribution in [-0.4, -0.2) is 42.8 Å². The predicted molar refractivity (Wildman–Crippen MR) is 125 cm³/mol. The fraction of sp³-hybridized carbons (Fsp3) is 0.385. The first-order valence-corrected chi connectivity index (χ1v) is 11.4. The van der Waals surface area contributed by atoms with E-state index in [2.05, 4.69) is 6.92 Å². The number of ether oxygens (including phenoxy) is 2. The molecule has 1 atom stereocenters. The number of methoxy groups -OCH3 is 1. The Morgan fingerprint density at radius 2 is 1.88 bits per heavy atom. The fourth-order valence-corrected chi connectivity index (χ4v) is 4.34. The van der Waals surface area contributed by atoms with Crippen molar-refractivity contribution in [2.75, 3.05) is 26.9 Å². The molecular formula is C26H29NO6. The molecule has 1 aliphatic heterocycles. The Bertz CT molecular complexity index is 1200. The minimum absolute atomic E-state index is 0.0207. The van der Waals surface area contributed by atoms with Gasteiger partial charge < -0.3 is 23.9 Å². The highest BCUT2D eigenvalue weighted by Crippen LogP contribution is 2.40. The summed E-state index contributed by atoms with van der Waals surface area (Å²) >= 11 is 0. The maximum atomic E-state index is 13.4. The second-order valence-electron chi connectivity index (χ2n) is 8.11. The molecule has 174 valence electrons. The molecule has 0 unspecified atom stereocenters. The highest BCUT2D eigenvalue weighted by molar-refractivity contribution is 5.99. The number of unbranched alkanes of at least 4 members (excludes halogenated alkanes) is 3. The zero-order valence-electron chi connectivity index (χ0n) is 19.0. The van der Waals surface area contributed by atoms with E-state index in [1.807, 2.05) is 6.07 Å². The van der Waals surface area contributed by atoms with E-state index in [4.69, 9.17) is 13.9 Å². The van der Waals surface area contributed by atoms with Crippen LogP contribution in [0.2, 0.25) is 0 Å². The van der Waals surface area contributed by atoms with Crippen LogP contribution in [0.3, 0.4) is 0 Å². The minimum Gasteiger partial charge on any atom is -0.493 e. The molecule has 33 heavy (non-hydrogen) atoms. The molecule has 0 radical (unpaired) electrons. The monoisotopic (exact) mass is 451 g/mol. The molecule has 1 aliphatic rings. The summed E-state index contributed by atoms with van der Waals surface area (Å²) in [5.74, 6) is 0.744.